The molecule has 1 aliphatic carbocycles. The number of rotatable bonds is 8. The predicted octanol–water partition coefficient (Wildman–Crippen LogP) is 5.20. The van der Waals surface area contributed by atoms with Crippen molar-refractivity contribution in [3.63, 3.8) is 0 Å². The van der Waals surface area contributed by atoms with Crippen molar-refractivity contribution >= 4 is 27.5 Å². The number of carbonyl (C=O) groups excluding carboxylic acids is 1. The normalized spacial score (nSPS) is 16.4. The molecule has 1 aliphatic rings. The van der Waals surface area contributed by atoms with Crippen molar-refractivity contribution in [3.05, 3.63) is 55.1 Å². The van der Waals surface area contributed by atoms with Crippen molar-refractivity contribution in [1.82, 2.24) is 9.13 Å². The largest absolute Gasteiger partial charge is 0.462 e. The van der Waals surface area contributed by atoms with E-state index in [0.29, 0.717) is 26.9 Å². The minimum Gasteiger partial charge on any atom is -0.462 e. The van der Waals surface area contributed by atoms with E-state index >= 15 is 0 Å². The zero-order valence-electron chi connectivity index (χ0n) is 18.5. The summed E-state index contributed by atoms with van der Waals surface area (Å²) in [6.07, 6.45) is -2.79. The molecule has 2 aromatic heterocycles. The zero-order chi connectivity index (χ0) is 25.2. The second kappa shape index (κ2) is 10.2. The molecule has 34 heavy (non-hydrogen) atoms. The first-order valence-corrected chi connectivity index (χ1v) is 11.4. The maximum absolute atomic E-state index is 14.0. The molecule has 2 aromatic rings. The summed E-state index contributed by atoms with van der Waals surface area (Å²) in [6.45, 7) is 2.22. The van der Waals surface area contributed by atoms with Gasteiger partial charge in [-0.05, 0) is 25.7 Å². The lowest BCUT2D eigenvalue weighted by molar-refractivity contribution is -0.136. The number of nitrogens with zero attached hydrogens (tertiary/aromatic N) is 2. The lowest BCUT2D eigenvalue weighted by Gasteiger charge is -2.16. The number of fused-ring (bicyclic) bond motifs is 1. The molecule has 0 saturated carbocycles. The predicted molar refractivity (Wildman–Crippen MR) is 118 cm³/mol. The van der Waals surface area contributed by atoms with Crippen LogP contribution < -0.4 is 11.2 Å². The summed E-state index contributed by atoms with van der Waals surface area (Å²) < 4.78 is 72.9. The van der Waals surface area contributed by atoms with Crippen LogP contribution >= 0.6 is 11.3 Å². The quantitative estimate of drug-likeness (QED) is 0.364. The molecule has 0 aromatic carbocycles. The fourth-order valence-corrected chi connectivity index (χ4v) is 5.06. The number of esters is 1. The Morgan fingerprint density at radius 2 is 1.94 bits per heavy atom. The van der Waals surface area contributed by atoms with E-state index in [2.05, 4.69) is 0 Å². The maximum Gasteiger partial charge on any atom is 0.390 e. The SMILES string of the molecule is CCOC(=O)c1sc2c(c1C(F)F)c(=O)n(CCC1=CC=CC(C)C1)c(=O)n2CCC(F)(F)F. The molecule has 0 aliphatic heterocycles. The van der Waals surface area contributed by atoms with E-state index in [-0.39, 0.29) is 25.5 Å². The first-order chi connectivity index (χ1) is 15.9. The lowest BCUT2D eigenvalue weighted by atomic mass is 9.94. The fraction of sp³-hybridized carbons (Fsp3) is 0.500. The summed E-state index contributed by atoms with van der Waals surface area (Å²) in [5.74, 6) is -0.898. The van der Waals surface area contributed by atoms with Gasteiger partial charge in [0.15, 0.2) is 0 Å². The molecule has 1 unspecified atom stereocenters. The van der Waals surface area contributed by atoms with Crippen LogP contribution in [-0.2, 0) is 17.8 Å². The minimum absolute atomic E-state index is 0.136. The van der Waals surface area contributed by atoms with E-state index in [9.17, 15) is 36.3 Å². The number of aromatic nitrogens is 2. The summed E-state index contributed by atoms with van der Waals surface area (Å²) in [5, 5.41) is -0.629. The highest BCUT2D eigenvalue weighted by atomic mass is 32.1. The maximum atomic E-state index is 14.0. The summed E-state index contributed by atoms with van der Waals surface area (Å²) in [4.78, 5) is 37.5. The average Bonchev–Trinajstić information content (AvgIpc) is 3.14. The van der Waals surface area contributed by atoms with Crippen molar-refractivity contribution < 1.29 is 31.5 Å². The van der Waals surface area contributed by atoms with Gasteiger partial charge in [0.2, 0.25) is 0 Å². The summed E-state index contributed by atoms with van der Waals surface area (Å²) >= 11 is 0.368. The summed E-state index contributed by atoms with van der Waals surface area (Å²) in [6, 6.07) is 0. The second-order valence-corrected chi connectivity index (χ2v) is 8.94. The molecule has 0 N–H and O–H groups in total. The third-order valence-corrected chi connectivity index (χ3v) is 6.61. The van der Waals surface area contributed by atoms with Crippen LogP contribution in [0.5, 0.6) is 0 Å². The molecular weight excluding hydrogens is 483 g/mol. The van der Waals surface area contributed by atoms with Gasteiger partial charge in [0.25, 0.3) is 12.0 Å². The number of hydrogen-bond donors (Lipinski definition) is 0. The second-order valence-electron chi connectivity index (χ2n) is 7.94. The molecule has 0 saturated heterocycles. The van der Waals surface area contributed by atoms with Gasteiger partial charge in [-0.1, -0.05) is 30.7 Å². The summed E-state index contributed by atoms with van der Waals surface area (Å²) in [5.41, 5.74) is -2.12. The molecular formula is C22H23F5N2O4S. The molecule has 0 bridgehead atoms. The zero-order valence-corrected chi connectivity index (χ0v) is 19.3. The van der Waals surface area contributed by atoms with E-state index in [1.54, 1.807) is 0 Å². The molecule has 186 valence electrons. The molecule has 0 amide bonds. The van der Waals surface area contributed by atoms with E-state index in [0.717, 1.165) is 5.57 Å². The van der Waals surface area contributed by atoms with E-state index in [1.165, 1.54) is 6.92 Å². The average molecular weight is 506 g/mol. The molecule has 6 nitrogen and oxygen atoms in total. The van der Waals surface area contributed by atoms with Gasteiger partial charge in [0.05, 0.1) is 24.0 Å². The Bertz CT molecular complexity index is 1250. The third kappa shape index (κ3) is 5.48. The number of aryl methyl sites for hydroxylation is 1. The smallest absolute Gasteiger partial charge is 0.390 e. The molecule has 12 heteroatoms. The van der Waals surface area contributed by atoms with E-state index in [1.807, 2.05) is 25.2 Å². The van der Waals surface area contributed by atoms with Crippen LogP contribution in [0.1, 0.15) is 54.8 Å². The standard InChI is InChI=1S/C22H23F5N2O4S/c1-3-33-20(31)16-14(17(23)24)15-18(30)28(9-7-13-6-4-5-12(2)11-13)21(32)29(19(15)34-16)10-8-22(25,26)27/h4-6,12,17H,3,7-11H2,1-2H3. The number of allylic oxidation sites excluding steroid dienone is 4. The van der Waals surface area contributed by atoms with Crippen LogP contribution in [0, 0.1) is 5.92 Å². The van der Waals surface area contributed by atoms with Crippen molar-refractivity contribution in [2.24, 2.45) is 5.92 Å². The Balaban J connectivity index is 2.21. The molecule has 0 fully saturated rings. The van der Waals surface area contributed by atoms with Crippen LogP contribution in [-0.4, -0.2) is 27.9 Å². The van der Waals surface area contributed by atoms with Crippen LogP contribution in [0.4, 0.5) is 22.0 Å². The number of alkyl halides is 5. The highest BCUT2D eigenvalue weighted by Gasteiger charge is 2.32. The molecule has 0 radical (unpaired) electrons. The fourth-order valence-electron chi connectivity index (χ4n) is 3.84. The van der Waals surface area contributed by atoms with Crippen molar-refractivity contribution in [1.29, 1.82) is 0 Å². The molecule has 2 heterocycles. The van der Waals surface area contributed by atoms with Gasteiger partial charge in [-0.25, -0.2) is 18.4 Å². The number of ether oxygens (including phenoxy) is 1. The Kier molecular flexibility index (Phi) is 7.79. The highest BCUT2D eigenvalue weighted by Crippen LogP contribution is 2.36. The van der Waals surface area contributed by atoms with E-state index < -0.39 is 63.4 Å². The van der Waals surface area contributed by atoms with E-state index in [4.69, 9.17) is 4.74 Å². The number of thiophene rings is 1. The monoisotopic (exact) mass is 506 g/mol. The van der Waals surface area contributed by atoms with Gasteiger partial charge < -0.3 is 4.74 Å². The summed E-state index contributed by atoms with van der Waals surface area (Å²) in [7, 11) is 0. The lowest BCUT2D eigenvalue weighted by Crippen LogP contribution is -2.40. The van der Waals surface area contributed by atoms with Crippen LogP contribution in [0.15, 0.2) is 33.4 Å². The van der Waals surface area contributed by atoms with Crippen LogP contribution in [0.25, 0.3) is 10.2 Å². The molecule has 1 atom stereocenters. The van der Waals surface area contributed by atoms with Crippen molar-refractivity contribution in [3.8, 4) is 0 Å². The van der Waals surface area contributed by atoms with Crippen LogP contribution in [0.3, 0.4) is 0 Å². The Hall–Kier alpha value is -2.76. The molecule has 0 spiro atoms. The van der Waals surface area contributed by atoms with Crippen molar-refractivity contribution in [2.45, 2.75) is 58.8 Å². The Morgan fingerprint density at radius 3 is 2.53 bits per heavy atom. The van der Waals surface area contributed by atoms with Crippen LogP contribution in [0.2, 0.25) is 0 Å². The first kappa shape index (κ1) is 25.9. The topological polar surface area (TPSA) is 70.3 Å². The Labute approximate surface area is 194 Å². The van der Waals surface area contributed by atoms with Gasteiger partial charge in [0, 0.05) is 13.1 Å². The third-order valence-electron chi connectivity index (χ3n) is 5.40. The van der Waals surface area contributed by atoms with Gasteiger partial charge in [-0.3, -0.25) is 13.9 Å². The number of carbonyl (C=O) groups is 1. The van der Waals surface area contributed by atoms with Gasteiger partial charge >= 0.3 is 17.8 Å². The van der Waals surface area contributed by atoms with Gasteiger partial charge in [-0.2, -0.15) is 13.2 Å². The van der Waals surface area contributed by atoms with Gasteiger partial charge in [-0.15, -0.1) is 11.3 Å². The Morgan fingerprint density at radius 1 is 1.24 bits per heavy atom. The first-order valence-electron chi connectivity index (χ1n) is 10.6. The van der Waals surface area contributed by atoms with Crippen molar-refractivity contribution in [2.75, 3.05) is 6.61 Å². The minimum atomic E-state index is -4.63. The number of hydrogen-bond acceptors (Lipinski definition) is 5. The van der Waals surface area contributed by atoms with Gasteiger partial charge in [0.1, 0.15) is 9.71 Å². The molecule has 3 rings (SSSR count). The highest BCUT2D eigenvalue weighted by molar-refractivity contribution is 7.20. The number of halogens is 5.